The number of sulfone groups is 1. The van der Waals surface area contributed by atoms with Crippen LogP contribution in [0.2, 0.25) is 0 Å². The van der Waals surface area contributed by atoms with Crippen LogP contribution in [0.3, 0.4) is 0 Å². The molecule has 0 saturated carbocycles. The Hall–Kier alpha value is -0.900. The van der Waals surface area contributed by atoms with E-state index in [4.69, 9.17) is 5.73 Å². The summed E-state index contributed by atoms with van der Waals surface area (Å²) in [5, 5.41) is 3.01. The Labute approximate surface area is 161 Å². The molecule has 8 heteroatoms. The summed E-state index contributed by atoms with van der Waals surface area (Å²) in [5.41, 5.74) is 6.86. The van der Waals surface area contributed by atoms with Crippen LogP contribution in [0.25, 0.3) is 0 Å². The quantitative estimate of drug-likeness (QED) is 0.251. The predicted molar refractivity (Wildman–Crippen MR) is 108 cm³/mol. The molecule has 1 aromatic rings. The van der Waals surface area contributed by atoms with Crippen LogP contribution in [0.1, 0.15) is 43.7 Å². The molecule has 1 rings (SSSR count). The highest BCUT2D eigenvalue weighted by Gasteiger charge is 2.10. The van der Waals surface area contributed by atoms with E-state index in [1.807, 2.05) is 0 Å². The van der Waals surface area contributed by atoms with Gasteiger partial charge in [0.05, 0.1) is 12.3 Å². The molecule has 0 heterocycles. The number of guanidine groups is 1. The third-order valence-electron chi connectivity index (χ3n) is 3.34. The van der Waals surface area contributed by atoms with E-state index in [2.05, 4.69) is 17.2 Å². The van der Waals surface area contributed by atoms with Gasteiger partial charge in [-0.3, -0.25) is 0 Å². The lowest BCUT2D eigenvalue weighted by Crippen LogP contribution is -2.32. The molecular formula is C16H27FIN3O2S. The van der Waals surface area contributed by atoms with Crippen LogP contribution in [0.5, 0.6) is 0 Å². The summed E-state index contributed by atoms with van der Waals surface area (Å²) in [6.07, 6.45) is 5.67. The average Bonchev–Trinajstić information content (AvgIpc) is 2.46. The van der Waals surface area contributed by atoms with Crippen LogP contribution in [-0.4, -0.2) is 27.2 Å². The number of halogens is 2. The summed E-state index contributed by atoms with van der Waals surface area (Å²) < 4.78 is 36.3. The standard InChI is InChI=1S/C16H26FN3O2S.HI/c1-3-4-5-6-9-19-16(18)20-11-14-10-15(17)8-7-13(14)12-23(2,21)22;/h7-8,10H,3-6,9,11-12H2,1-2H3,(H3,18,19,20);1H. The summed E-state index contributed by atoms with van der Waals surface area (Å²) in [4.78, 5) is 4.17. The Balaban J connectivity index is 0.00000529. The molecule has 0 bridgehead atoms. The maximum atomic E-state index is 13.4. The molecule has 0 aromatic heterocycles. The van der Waals surface area contributed by atoms with Gasteiger partial charge in [0.25, 0.3) is 0 Å². The first-order valence-corrected chi connectivity index (χ1v) is 9.86. The number of aliphatic imine (C=N–C) groups is 1. The normalized spacial score (nSPS) is 11.9. The summed E-state index contributed by atoms with van der Waals surface area (Å²) in [6, 6.07) is 4.04. The largest absolute Gasteiger partial charge is 0.370 e. The third-order valence-corrected chi connectivity index (χ3v) is 4.18. The zero-order valence-corrected chi connectivity index (χ0v) is 17.4. The Kier molecular flexibility index (Phi) is 11.2. The van der Waals surface area contributed by atoms with Crippen molar-refractivity contribution >= 4 is 39.8 Å². The van der Waals surface area contributed by atoms with Crippen LogP contribution < -0.4 is 11.1 Å². The molecule has 0 unspecified atom stereocenters. The fourth-order valence-electron chi connectivity index (χ4n) is 2.16. The van der Waals surface area contributed by atoms with Gasteiger partial charge in [-0.05, 0) is 29.7 Å². The lowest BCUT2D eigenvalue weighted by atomic mass is 10.1. The molecule has 0 amide bonds. The van der Waals surface area contributed by atoms with E-state index in [9.17, 15) is 12.8 Å². The molecule has 0 aliphatic carbocycles. The Morgan fingerprint density at radius 2 is 1.96 bits per heavy atom. The highest BCUT2D eigenvalue weighted by Crippen LogP contribution is 2.15. The molecule has 138 valence electrons. The number of nitrogens with two attached hydrogens (primary N) is 1. The maximum Gasteiger partial charge on any atom is 0.188 e. The van der Waals surface area contributed by atoms with Crippen molar-refractivity contribution in [1.82, 2.24) is 5.32 Å². The smallest absolute Gasteiger partial charge is 0.188 e. The molecule has 0 spiro atoms. The number of nitrogens with zero attached hydrogens (tertiary/aromatic N) is 1. The van der Waals surface area contributed by atoms with Gasteiger partial charge < -0.3 is 11.1 Å². The van der Waals surface area contributed by atoms with Gasteiger partial charge in [-0.1, -0.05) is 32.3 Å². The zero-order chi connectivity index (χ0) is 17.3. The number of hydrogen-bond acceptors (Lipinski definition) is 3. The van der Waals surface area contributed by atoms with Gasteiger partial charge >= 0.3 is 0 Å². The molecule has 0 radical (unpaired) electrons. The predicted octanol–water partition coefficient (Wildman–Crippen LogP) is 2.97. The second-order valence-corrected chi connectivity index (χ2v) is 7.81. The molecule has 3 N–H and O–H groups in total. The maximum absolute atomic E-state index is 13.4. The Bertz CT molecular complexity index is 636. The number of benzene rings is 1. The van der Waals surface area contributed by atoms with Gasteiger partial charge in [-0.25, -0.2) is 17.8 Å². The molecule has 24 heavy (non-hydrogen) atoms. The van der Waals surface area contributed by atoms with Crippen LogP contribution in [0.15, 0.2) is 23.2 Å². The lowest BCUT2D eigenvalue weighted by molar-refractivity contribution is 0.600. The van der Waals surface area contributed by atoms with Gasteiger partial charge in [0.15, 0.2) is 15.8 Å². The third kappa shape index (κ3) is 10.1. The number of unbranched alkanes of at least 4 members (excludes halogenated alkanes) is 3. The first-order chi connectivity index (χ1) is 10.8. The minimum Gasteiger partial charge on any atom is -0.370 e. The topological polar surface area (TPSA) is 84.5 Å². The van der Waals surface area contributed by atoms with Crippen molar-refractivity contribution in [2.75, 3.05) is 12.8 Å². The fraction of sp³-hybridized carbons (Fsp3) is 0.562. The number of hydrogen-bond donors (Lipinski definition) is 2. The van der Waals surface area contributed by atoms with Crippen LogP contribution in [0, 0.1) is 5.82 Å². The van der Waals surface area contributed by atoms with Gasteiger partial charge in [0.1, 0.15) is 5.82 Å². The summed E-state index contributed by atoms with van der Waals surface area (Å²) in [7, 11) is -3.19. The minimum atomic E-state index is -3.19. The molecule has 0 aliphatic heterocycles. The van der Waals surface area contributed by atoms with Gasteiger partial charge in [-0.2, -0.15) is 0 Å². The minimum absolute atomic E-state index is 0. The van der Waals surface area contributed by atoms with Crippen LogP contribution >= 0.6 is 24.0 Å². The summed E-state index contributed by atoms with van der Waals surface area (Å²) in [5.74, 6) is -0.266. The second kappa shape index (κ2) is 11.6. The molecule has 0 fully saturated rings. The van der Waals surface area contributed by atoms with E-state index < -0.39 is 15.7 Å². The van der Waals surface area contributed by atoms with Crippen molar-refractivity contribution in [1.29, 1.82) is 0 Å². The molecule has 1 aromatic carbocycles. The Morgan fingerprint density at radius 3 is 2.58 bits per heavy atom. The monoisotopic (exact) mass is 471 g/mol. The molecular weight excluding hydrogens is 444 g/mol. The van der Waals surface area contributed by atoms with Crippen molar-refractivity contribution in [3.8, 4) is 0 Å². The van der Waals surface area contributed by atoms with Gasteiger partial charge in [0.2, 0.25) is 0 Å². The van der Waals surface area contributed by atoms with Crippen molar-refractivity contribution in [3.63, 3.8) is 0 Å². The summed E-state index contributed by atoms with van der Waals surface area (Å²) in [6.45, 7) is 3.04. The number of nitrogens with one attached hydrogen (secondary N) is 1. The SMILES string of the molecule is CCCCCCNC(N)=NCc1cc(F)ccc1CS(C)(=O)=O.I. The van der Waals surface area contributed by atoms with Gasteiger partial charge in [-0.15, -0.1) is 24.0 Å². The van der Waals surface area contributed by atoms with Crippen LogP contribution in [-0.2, 0) is 22.1 Å². The van der Waals surface area contributed by atoms with E-state index >= 15 is 0 Å². The van der Waals surface area contributed by atoms with Crippen molar-refractivity contribution in [2.45, 2.75) is 44.9 Å². The lowest BCUT2D eigenvalue weighted by Gasteiger charge is -2.09. The Morgan fingerprint density at radius 1 is 1.25 bits per heavy atom. The van der Waals surface area contributed by atoms with E-state index in [0.717, 1.165) is 25.6 Å². The van der Waals surface area contributed by atoms with Crippen molar-refractivity contribution in [3.05, 3.63) is 35.1 Å². The van der Waals surface area contributed by atoms with Crippen molar-refractivity contribution < 1.29 is 12.8 Å². The van der Waals surface area contributed by atoms with E-state index in [-0.39, 0.29) is 42.2 Å². The van der Waals surface area contributed by atoms with E-state index in [1.165, 1.54) is 31.0 Å². The molecule has 0 saturated heterocycles. The molecule has 0 atom stereocenters. The highest BCUT2D eigenvalue weighted by molar-refractivity contribution is 14.0. The zero-order valence-electron chi connectivity index (χ0n) is 14.2. The van der Waals surface area contributed by atoms with Crippen molar-refractivity contribution in [2.24, 2.45) is 10.7 Å². The highest BCUT2D eigenvalue weighted by atomic mass is 127. The first-order valence-electron chi connectivity index (χ1n) is 7.80. The average molecular weight is 471 g/mol. The fourth-order valence-corrected chi connectivity index (χ4v) is 3.01. The van der Waals surface area contributed by atoms with E-state index in [1.54, 1.807) is 0 Å². The van der Waals surface area contributed by atoms with Gasteiger partial charge in [0, 0.05) is 12.8 Å². The molecule has 5 nitrogen and oxygen atoms in total. The van der Waals surface area contributed by atoms with E-state index in [0.29, 0.717) is 11.1 Å². The summed E-state index contributed by atoms with van der Waals surface area (Å²) >= 11 is 0. The number of rotatable bonds is 9. The van der Waals surface area contributed by atoms with Crippen LogP contribution in [0.4, 0.5) is 4.39 Å². The first kappa shape index (κ1) is 23.1. The molecule has 0 aliphatic rings. The second-order valence-electron chi connectivity index (χ2n) is 5.67.